The smallest absolute Gasteiger partial charge is 0.312 e. The molecule has 4 fully saturated rings. The van der Waals surface area contributed by atoms with Crippen molar-refractivity contribution in [3.8, 4) is 0 Å². The molecule has 2 heterocycles. The molecule has 0 unspecified atom stereocenters. The van der Waals surface area contributed by atoms with Crippen LogP contribution in [0.15, 0.2) is 10.9 Å². The van der Waals surface area contributed by atoms with Crippen LogP contribution >= 0.6 is 11.3 Å². The minimum absolute atomic E-state index is 0.0534. The third-order valence-electron chi connectivity index (χ3n) is 6.21. The number of esters is 1. The van der Waals surface area contributed by atoms with Gasteiger partial charge in [-0.25, -0.2) is 4.98 Å². The van der Waals surface area contributed by atoms with Gasteiger partial charge in [0.1, 0.15) is 6.61 Å². The summed E-state index contributed by atoms with van der Waals surface area (Å²) in [7, 11) is 0. The monoisotopic (exact) mass is 359 g/mol. The summed E-state index contributed by atoms with van der Waals surface area (Å²) in [5.41, 5.74) is 0.222. The fraction of sp³-hybridized carbons (Fsp3) is 0.667. The van der Waals surface area contributed by atoms with Gasteiger partial charge in [-0.15, -0.1) is 0 Å². The molecule has 6 rings (SSSR count). The summed E-state index contributed by atoms with van der Waals surface area (Å²) >= 11 is 1.31. The maximum atomic E-state index is 12.9. The van der Waals surface area contributed by atoms with E-state index < -0.39 is 0 Å². The Morgan fingerprint density at radius 2 is 1.92 bits per heavy atom. The lowest BCUT2D eigenvalue weighted by molar-refractivity contribution is -0.173. The standard InChI is InChI=1S/C18H21N3O3S/c1-10-2-15(22)21-17(19-10)25-14(20-21)9-24-16(23)18-6-11-3-12(7-18)5-13(4-11)8-18/h2,11-13H,3-9H2,1H3. The molecule has 132 valence electrons. The molecule has 7 heteroatoms. The first-order valence-electron chi connectivity index (χ1n) is 9.04. The van der Waals surface area contributed by atoms with Gasteiger partial charge in [-0.2, -0.15) is 9.61 Å². The second-order valence-electron chi connectivity index (χ2n) is 8.20. The van der Waals surface area contributed by atoms with Crippen molar-refractivity contribution in [2.24, 2.45) is 23.2 Å². The lowest BCUT2D eigenvalue weighted by atomic mass is 9.49. The first-order chi connectivity index (χ1) is 12.0. The Hall–Kier alpha value is -1.76. The molecule has 0 saturated heterocycles. The van der Waals surface area contributed by atoms with Crippen LogP contribution in [0.25, 0.3) is 4.96 Å². The van der Waals surface area contributed by atoms with Crippen molar-refractivity contribution in [2.75, 3.05) is 0 Å². The van der Waals surface area contributed by atoms with E-state index in [1.165, 1.54) is 41.2 Å². The Morgan fingerprint density at radius 3 is 2.56 bits per heavy atom. The van der Waals surface area contributed by atoms with Crippen LogP contribution in [0.5, 0.6) is 0 Å². The molecule has 4 bridgehead atoms. The maximum Gasteiger partial charge on any atom is 0.312 e. The van der Waals surface area contributed by atoms with Gasteiger partial charge in [-0.1, -0.05) is 11.3 Å². The average molecular weight is 359 g/mol. The van der Waals surface area contributed by atoms with Crippen LogP contribution in [0.4, 0.5) is 0 Å². The molecular weight excluding hydrogens is 338 g/mol. The summed E-state index contributed by atoms with van der Waals surface area (Å²) in [6.45, 7) is 1.92. The molecule has 25 heavy (non-hydrogen) atoms. The molecule has 2 aromatic rings. The van der Waals surface area contributed by atoms with E-state index in [0.717, 1.165) is 19.3 Å². The quantitative estimate of drug-likeness (QED) is 0.788. The van der Waals surface area contributed by atoms with Gasteiger partial charge in [0.25, 0.3) is 5.56 Å². The fourth-order valence-corrected chi connectivity index (χ4v) is 6.52. The van der Waals surface area contributed by atoms with Crippen molar-refractivity contribution in [1.82, 2.24) is 14.6 Å². The molecule has 0 aliphatic heterocycles. The average Bonchev–Trinajstić information content (AvgIpc) is 2.94. The molecule has 0 N–H and O–H groups in total. The van der Waals surface area contributed by atoms with Crippen molar-refractivity contribution in [3.05, 3.63) is 27.1 Å². The lowest BCUT2D eigenvalue weighted by Crippen LogP contribution is -2.50. The second-order valence-corrected chi connectivity index (χ2v) is 9.24. The number of hydrogen-bond donors (Lipinski definition) is 0. The Bertz CT molecular complexity index is 881. The number of carbonyl (C=O) groups excluding carboxylic acids is 1. The maximum absolute atomic E-state index is 12.9. The number of carbonyl (C=O) groups is 1. The Balaban J connectivity index is 1.34. The zero-order valence-corrected chi connectivity index (χ0v) is 15.1. The number of rotatable bonds is 3. The second kappa shape index (κ2) is 5.37. The molecule has 4 aliphatic carbocycles. The topological polar surface area (TPSA) is 73.6 Å². The minimum atomic E-state index is -0.253. The molecule has 4 aliphatic rings. The van der Waals surface area contributed by atoms with Gasteiger partial charge in [0.15, 0.2) is 5.01 Å². The highest BCUT2D eigenvalue weighted by atomic mass is 32.1. The first kappa shape index (κ1) is 15.5. The van der Waals surface area contributed by atoms with E-state index in [0.29, 0.717) is 33.4 Å². The van der Waals surface area contributed by atoms with Gasteiger partial charge < -0.3 is 4.74 Å². The van der Waals surface area contributed by atoms with Gasteiger partial charge in [0, 0.05) is 11.8 Å². The van der Waals surface area contributed by atoms with E-state index in [9.17, 15) is 9.59 Å². The van der Waals surface area contributed by atoms with Crippen LogP contribution in [-0.2, 0) is 16.1 Å². The van der Waals surface area contributed by atoms with Gasteiger partial charge in [-0.3, -0.25) is 9.59 Å². The van der Waals surface area contributed by atoms with Gasteiger partial charge >= 0.3 is 5.97 Å². The molecule has 0 radical (unpaired) electrons. The van der Waals surface area contributed by atoms with Gasteiger partial charge in [0.05, 0.1) is 5.41 Å². The fourth-order valence-electron chi connectivity index (χ4n) is 5.66. The van der Waals surface area contributed by atoms with Gasteiger partial charge in [-0.05, 0) is 63.2 Å². The van der Waals surface area contributed by atoms with Crippen LogP contribution in [0, 0.1) is 30.1 Å². The molecule has 0 aromatic carbocycles. The van der Waals surface area contributed by atoms with E-state index in [1.807, 2.05) is 0 Å². The van der Waals surface area contributed by atoms with E-state index >= 15 is 0 Å². The van der Waals surface area contributed by atoms with E-state index in [2.05, 4.69) is 10.1 Å². The summed E-state index contributed by atoms with van der Waals surface area (Å²) < 4.78 is 6.96. The van der Waals surface area contributed by atoms with Gasteiger partial charge in [0.2, 0.25) is 4.96 Å². The number of fused-ring (bicyclic) bond motifs is 1. The summed E-state index contributed by atoms with van der Waals surface area (Å²) in [6, 6.07) is 1.46. The molecule has 0 spiro atoms. The highest BCUT2D eigenvalue weighted by molar-refractivity contribution is 7.16. The van der Waals surface area contributed by atoms with E-state index in [4.69, 9.17) is 4.74 Å². The van der Waals surface area contributed by atoms with Crippen LogP contribution in [-0.4, -0.2) is 20.6 Å². The first-order valence-corrected chi connectivity index (χ1v) is 9.86. The number of ether oxygens (including phenoxy) is 1. The number of hydrogen-bond acceptors (Lipinski definition) is 6. The summed E-state index contributed by atoms with van der Waals surface area (Å²) in [6.07, 6.45) is 6.91. The third-order valence-corrected chi connectivity index (χ3v) is 7.09. The zero-order valence-electron chi connectivity index (χ0n) is 14.2. The molecule has 2 aromatic heterocycles. The summed E-state index contributed by atoms with van der Waals surface area (Å²) in [4.78, 5) is 29.7. The lowest BCUT2D eigenvalue weighted by Gasteiger charge is -2.55. The van der Waals surface area contributed by atoms with Crippen LogP contribution in [0.1, 0.15) is 49.2 Å². The van der Waals surface area contributed by atoms with E-state index in [1.54, 1.807) is 6.92 Å². The Morgan fingerprint density at radius 1 is 1.28 bits per heavy atom. The Kier molecular flexibility index (Phi) is 3.33. The molecule has 0 atom stereocenters. The summed E-state index contributed by atoms with van der Waals surface area (Å²) in [5, 5.41) is 4.87. The SMILES string of the molecule is Cc1cc(=O)n2nc(COC(=O)C34CC5CC(CC(C5)C3)C4)sc2n1. The van der Waals surface area contributed by atoms with Crippen molar-refractivity contribution in [1.29, 1.82) is 0 Å². The van der Waals surface area contributed by atoms with Crippen LogP contribution in [0.2, 0.25) is 0 Å². The van der Waals surface area contributed by atoms with Crippen molar-refractivity contribution < 1.29 is 9.53 Å². The highest BCUT2D eigenvalue weighted by Crippen LogP contribution is 2.60. The highest BCUT2D eigenvalue weighted by Gasteiger charge is 2.55. The number of nitrogens with zero attached hydrogens (tertiary/aromatic N) is 3. The number of aromatic nitrogens is 3. The van der Waals surface area contributed by atoms with Crippen LogP contribution in [0.3, 0.4) is 0 Å². The predicted molar refractivity (Wildman–Crippen MR) is 92.3 cm³/mol. The summed E-state index contributed by atoms with van der Waals surface area (Å²) in [5.74, 6) is 2.09. The van der Waals surface area contributed by atoms with Crippen LogP contribution < -0.4 is 5.56 Å². The zero-order chi connectivity index (χ0) is 17.2. The molecule has 0 amide bonds. The van der Waals surface area contributed by atoms with Crippen molar-refractivity contribution >= 4 is 22.3 Å². The van der Waals surface area contributed by atoms with E-state index in [-0.39, 0.29) is 23.6 Å². The van der Waals surface area contributed by atoms with Crippen molar-refractivity contribution in [2.45, 2.75) is 52.1 Å². The van der Waals surface area contributed by atoms with Crippen molar-refractivity contribution in [3.63, 3.8) is 0 Å². The number of aryl methyl sites for hydroxylation is 1. The molecule has 6 nitrogen and oxygen atoms in total. The minimum Gasteiger partial charge on any atom is -0.458 e. The Labute approximate surface area is 149 Å². The largest absolute Gasteiger partial charge is 0.458 e. The predicted octanol–water partition coefficient (Wildman–Crippen LogP) is 2.72. The third kappa shape index (κ3) is 2.51. The molecule has 4 saturated carbocycles. The normalized spacial score (nSPS) is 33.1. The molecular formula is C18H21N3O3S.